The molecule has 0 aliphatic heterocycles. The number of carbonyl (C=O) groups excluding carboxylic acids is 2. The molecule has 0 spiro atoms. The summed E-state index contributed by atoms with van der Waals surface area (Å²) >= 11 is 0. The molecule has 1 heterocycles. The first kappa shape index (κ1) is 16.8. The molecule has 23 heavy (non-hydrogen) atoms. The van der Waals surface area contributed by atoms with Crippen LogP contribution in [0.4, 0.5) is 0 Å². The average molecular weight is 315 g/mol. The number of nitrogens with two attached hydrogens (primary N) is 1. The summed E-state index contributed by atoms with van der Waals surface area (Å²) in [5.41, 5.74) is 6.88. The first-order valence-corrected chi connectivity index (χ1v) is 7.34. The van der Waals surface area contributed by atoms with E-state index in [4.69, 9.17) is 5.73 Å². The maximum absolute atomic E-state index is 12.8. The molecule has 0 fully saturated rings. The van der Waals surface area contributed by atoms with E-state index >= 15 is 0 Å². The van der Waals surface area contributed by atoms with E-state index in [1.165, 1.54) is 12.3 Å². The van der Waals surface area contributed by atoms with Crippen molar-refractivity contribution in [3.63, 3.8) is 0 Å². The van der Waals surface area contributed by atoms with Crippen molar-refractivity contribution < 1.29 is 14.7 Å². The van der Waals surface area contributed by atoms with Crippen LogP contribution in [0.3, 0.4) is 0 Å². The number of carbonyl (C=O) groups is 2. The predicted octanol–water partition coefficient (Wildman–Crippen LogP) is 1.32. The average Bonchev–Trinajstić information content (AvgIpc) is 2.94. The summed E-state index contributed by atoms with van der Waals surface area (Å²) in [5, 5.41) is 9.33. The molecule has 1 aromatic heterocycles. The number of aromatic nitrogens is 1. The molecule has 1 unspecified atom stereocenters. The molecular formula is C17H21N3O3. The Morgan fingerprint density at radius 1 is 1.30 bits per heavy atom. The number of aryl methyl sites for hydroxylation is 1. The van der Waals surface area contributed by atoms with Crippen LogP contribution in [-0.2, 0) is 7.05 Å². The van der Waals surface area contributed by atoms with Crippen molar-refractivity contribution in [1.82, 2.24) is 9.47 Å². The Kier molecular flexibility index (Phi) is 5.18. The Labute approximate surface area is 135 Å². The quantitative estimate of drug-likeness (QED) is 0.842. The van der Waals surface area contributed by atoms with Gasteiger partial charge < -0.3 is 20.3 Å². The highest BCUT2D eigenvalue weighted by Gasteiger charge is 2.24. The number of rotatable bonds is 6. The van der Waals surface area contributed by atoms with E-state index in [2.05, 4.69) is 0 Å². The summed E-state index contributed by atoms with van der Waals surface area (Å²) in [7, 11) is 3.38. The monoisotopic (exact) mass is 315 g/mol. The zero-order valence-corrected chi connectivity index (χ0v) is 13.3. The summed E-state index contributed by atoms with van der Waals surface area (Å²) in [4.78, 5) is 25.6. The molecule has 0 aliphatic rings. The van der Waals surface area contributed by atoms with Gasteiger partial charge in [-0.15, -0.1) is 0 Å². The van der Waals surface area contributed by atoms with Gasteiger partial charge in [0.1, 0.15) is 5.69 Å². The van der Waals surface area contributed by atoms with Crippen LogP contribution < -0.4 is 5.73 Å². The van der Waals surface area contributed by atoms with Crippen LogP contribution in [0.25, 0.3) is 0 Å². The highest BCUT2D eigenvalue weighted by molar-refractivity contribution is 5.98. The second-order valence-corrected chi connectivity index (χ2v) is 5.44. The van der Waals surface area contributed by atoms with Gasteiger partial charge in [0, 0.05) is 26.9 Å². The van der Waals surface area contributed by atoms with Gasteiger partial charge in [-0.05, 0) is 18.1 Å². The summed E-state index contributed by atoms with van der Waals surface area (Å²) in [6.07, 6.45) is 1.96. The molecule has 0 bridgehead atoms. The molecule has 6 heteroatoms. The van der Waals surface area contributed by atoms with Crippen molar-refractivity contribution in [2.75, 3.05) is 13.7 Å². The molecule has 2 aromatic rings. The van der Waals surface area contributed by atoms with E-state index < -0.39 is 5.91 Å². The Morgan fingerprint density at radius 2 is 1.96 bits per heavy atom. The SMILES string of the molecule is CN(C(=O)c1cc(C(N)=O)cn1C)C(CCO)c1ccccc1. The number of amides is 2. The molecule has 0 saturated carbocycles. The van der Waals surface area contributed by atoms with E-state index in [9.17, 15) is 14.7 Å². The van der Waals surface area contributed by atoms with Crippen LogP contribution in [-0.4, -0.2) is 40.0 Å². The molecule has 0 aliphatic carbocycles. The molecule has 2 amide bonds. The second-order valence-electron chi connectivity index (χ2n) is 5.44. The van der Waals surface area contributed by atoms with Crippen molar-refractivity contribution in [3.05, 3.63) is 59.4 Å². The van der Waals surface area contributed by atoms with E-state index in [1.54, 1.807) is 23.6 Å². The lowest BCUT2D eigenvalue weighted by atomic mass is 10.0. The van der Waals surface area contributed by atoms with Gasteiger partial charge in [-0.2, -0.15) is 0 Å². The Bertz CT molecular complexity index is 694. The summed E-state index contributed by atoms with van der Waals surface area (Å²) < 4.78 is 1.58. The molecule has 2 rings (SSSR count). The number of benzene rings is 1. The molecule has 6 nitrogen and oxygen atoms in total. The van der Waals surface area contributed by atoms with Gasteiger partial charge >= 0.3 is 0 Å². The van der Waals surface area contributed by atoms with E-state index in [-0.39, 0.29) is 18.6 Å². The number of aliphatic hydroxyl groups is 1. The van der Waals surface area contributed by atoms with Crippen LogP contribution in [0, 0.1) is 0 Å². The zero-order chi connectivity index (χ0) is 17.0. The fourth-order valence-corrected chi connectivity index (χ4v) is 2.62. The van der Waals surface area contributed by atoms with Gasteiger partial charge in [0.2, 0.25) is 5.91 Å². The van der Waals surface area contributed by atoms with Crippen LogP contribution in [0.15, 0.2) is 42.6 Å². The standard InChI is InChI=1S/C17H21N3O3/c1-19-11-13(16(18)22)10-15(19)17(23)20(2)14(8-9-21)12-6-4-3-5-7-12/h3-7,10-11,14,21H,8-9H2,1-2H3,(H2,18,22). The fraction of sp³-hybridized carbons (Fsp3) is 0.294. The highest BCUT2D eigenvalue weighted by Crippen LogP contribution is 2.24. The largest absolute Gasteiger partial charge is 0.396 e. The van der Waals surface area contributed by atoms with Gasteiger partial charge in [0.25, 0.3) is 5.91 Å². The second kappa shape index (κ2) is 7.11. The van der Waals surface area contributed by atoms with Crippen LogP contribution in [0.5, 0.6) is 0 Å². The number of nitrogens with zero attached hydrogens (tertiary/aromatic N) is 2. The van der Waals surface area contributed by atoms with Crippen molar-refractivity contribution in [3.8, 4) is 0 Å². The molecule has 0 radical (unpaired) electrons. The topological polar surface area (TPSA) is 88.6 Å². The molecule has 122 valence electrons. The van der Waals surface area contributed by atoms with Crippen LogP contribution in [0.2, 0.25) is 0 Å². The first-order valence-electron chi connectivity index (χ1n) is 7.34. The normalized spacial score (nSPS) is 12.0. The summed E-state index contributed by atoms with van der Waals surface area (Å²) in [5.74, 6) is -0.806. The third kappa shape index (κ3) is 3.60. The van der Waals surface area contributed by atoms with Gasteiger partial charge in [-0.25, -0.2) is 0 Å². The fourth-order valence-electron chi connectivity index (χ4n) is 2.62. The van der Waals surface area contributed by atoms with E-state index in [0.29, 0.717) is 17.7 Å². The van der Waals surface area contributed by atoms with Gasteiger partial charge in [-0.3, -0.25) is 9.59 Å². The van der Waals surface area contributed by atoms with Gasteiger partial charge in [0.05, 0.1) is 11.6 Å². The predicted molar refractivity (Wildman–Crippen MR) is 86.9 cm³/mol. The zero-order valence-electron chi connectivity index (χ0n) is 13.3. The van der Waals surface area contributed by atoms with Crippen LogP contribution in [0.1, 0.15) is 38.9 Å². The third-order valence-corrected chi connectivity index (χ3v) is 3.88. The van der Waals surface area contributed by atoms with Crippen molar-refractivity contribution >= 4 is 11.8 Å². The number of hydrogen-bond donors (Lipinski definition) is 2. The Balaban J connectivity index is 2.31. The number of primary amides is 1. The van der Waals surface area contributed by atoms with Crippen molar-refractivity contribution in [2.24, 2.45) is 12.8 Å². The third-order valence-electron chi connectivity index (χ3n) is 3.88. The van der Waals surface area contributed by atoms with E-state index in [0.717, 1.165) is 5.56 Å². The maximum Gasteiger partial charge on any atom is 0.270 e. The minimum absolute atomic E-state index is 0.0309. The maximum atomic E-state index is 12.8. The highest BCUT2D eigenvalue weighted by atomic mass is 16.3. The molecule has 1 atom stereocenters. The molecule has 3 N–H and O–H groups in total. The molecular weight excluding hydrogens is 294 g/mol. The van der Waals surface area contributed by atoms with Crippen molar-refractivity contribution in [2.45, 2.75) is 12.5 Å². The molecule has 1 aromatic carbocycles. The minimum atomic E-state index is -0.572. The lowest BCUT2D eigenvalue weighted by molar-refractivity contribution is 0.0695. The molecule has 0 saturated heterocycles. The van der Waals surface area contributed by atoms with Crippen LogP contribution >= 0.6 is 0 Å². The number of aliphatic hydroxyl groups excluding tert-OH is 1. The number of hydrogen-bond acceptors (Lipinski definition) is 3. The first-order chi connectivity index (χ1) is 11.0. The summed E-state index contributed by atoms with van der Waals surface area (Å²) in [6, 6.07) is 10.8. The lowest BCUT2D eigenvalue weighted by Crippen LogP contribution is -2.33. The lowest BCUT2D eigenvalue weighted by Gasteiger charge is -2.28. The van der Waals surface area contributed by atoms with E-state index in [1.807, 2.05) is 30.3 Å². The summed E-state index contributed by atoms with van der Waals surface area (Å²) in [6.45, 7) is -0.0309. The minimum Gasteiger partial charge on any atom is -0.396 e. The Morgan fingerprint density at radius 3 is 2.48 bits per heavy atom. The van der Waals surface area contributed by atoms with Crippen molar-refractivity contribution in [1.29, 1.82) is 0 Å². The smallest absolute Gasteiger partial charge is 0.270 e. The van der Waals surface area contributed by atoms with Gasteiger partial charge in [-0.1, -0.05) is 30.3 Å². The Hall–Kier alpha value is -2.60. The van der Waals surface area contributed by atoms with Gasteiger partial charge in [0.15, 0.2) is 0 Å².